The number of halogens is 4. The van der Waals surface area contributed by atoms with Gasteiger partial charge in [-0.25, -0.2) is 4.39 Å². The topological polar surface area (TPSA) is 0 Å². The second-order valence-electron chi connectivity index (χ2n) is 1.66. The molecule has 0 bridgehead atoms. The zero-order valence-electron chi connectivity index (χ0n) is 4.67. The Morgan fingerprint density at radius 1 is 1.30 bits per heavy atom. The Balaban J connectivity index is 3.34. The SMILES string of the molecule is Fc1c(Cl)ccc(Br)c1Br. The maximum Gasteiger partial charge on any atom is 0.157 e. The molecule has 0 spiro atoms. The van der Waals surface area contributed by atoms with Gasteiger partial charge in [-0.3, -0.25) is 0 Å². The van der Waals surface area contributed by atoms with Crippen LogP contribution in [0.5, 0.6) is 0 Å². The summed E-state index contributed by atoms with van der Waals surface area (Å²) >= 11 is 11.6. The number of hydrogen-bond acceptors (Lipinski definition) is 0. The molecule has 1 aromatic carbocycles. The van der Waals surface area contributed by atoms with Crippen LogP contribution in [0.4, 0.5) is 4.39 Å². The van der Waals surface area contributed by atoms with Crippen molar-refractivity contribution in [2.24, 2.45) is 0 Å². The summed E-state index contributed by atoms with van der Waals surface area (Å²) in [4.78, 5) is 0. The van der Waals surface area contributed by atoms with Gasteiger partial charge >= 0.3 is 0 Å². The monoisotopic (exact) mass is 286 g/mol. The first-order valence-electron chi connectivity index (χ1n) is 2.42. The molecule has 0 saturated heterocycles. The van der Waals surface area contributed by atoms with Crippen LogP contribution >= 0.6 is 43.5 Å². The van der Waals surface area contributed by atoms with Crippen LogP contribution in [-0.2, 0) is 0 Å². The summed E-state index contributed by atoms with van der Waals surface area (Å²) < 4.78 is 13.8. The van der Waals surface area contributed by atoms with Crippen molar-refractivity contribution in [1.29, 1.82) is 0 Å². The van der Waals surface area contributed by atoms with Crippen LogP contribution in [0.1, 0.15) is 0 Å². The normalized spacial score (nSPS) is 10.0. The second-order valence-corrected chi connectivity index (χ2v) is 3.71. The van der Waals surface area contributed by atoms with Gasteiger partial charge in [-0.1, -0.05) is 11.6 Å². The molecular formula is C6H2Br2ClF. The summed E-state index contributed by atoms with van der Waals surface area (Å²) in [5.74, 6) is -0.434. The fourth-order valence-corrected chi connectivity index (χ4v) is 1.43. The van der Waals surface area contributed by atoms with Gasteiger partial charge in [-0.05, 0) is 44.0 Å². The van der Waals surface area contributed by atoms with Crippen LogP contribution in [0.25, 0.3) is 0 Å². The van der Waals surface area contributed by atoms with E-state index in [4.69, 9.17) is 11.6 Å². The average molecular weight is 288 g/mol. The number of rotatable bonds is 0. The van der Waals surface area contributed by atoms with Gasteiger partial charge < -0.3 is 0 Å². The molecule has 0 amide bonds. The smallest absolute Gasteiger partial charge is 0.157 e. The summed E-state index contributed by atoms with van der Waals surface area (Å²) in [6.45, 7) is 0. The highest BCUT2D eigenvalue weighted by atomic mass is 79.9. The number of benzene rings is 1. The molecule has 1 aromatic rings. The van der Waals surface area contributed by atoms with E-state index in [1.54, 1.807) is 6.07 Å². The van der Waals surface area contributed by atoms with Crippen molar-refractivity contribution in [3.63, 3.8) is 0 Å². The molecule has 4 heteroatoms. The minimum Gasteiger partial charge on any atom is -0.204 e. The third-order valence-corrected chi connectivity index (χ3v) is 3.25. The fraction of sp³-hybridized carbons (Fsp3) is 0. The molecule has 0 aliphatic heterocycles. The molecule has 0 saturated carbocycles. The molecule has 0 radical (unpaired) electrons. The van der Waals surface area contributed by atoms with Crippen molar-refractivity contribution in [2.75, 3.05) is 0 Å². The minimum atomic E-state index is -0.434. The molecule has 0 aliphatic carbocycles. The first kappa shape index (κ1) is 8.50. The van der Waals surface area contributed by atoms with E-state index in [0.29, 0.717) is 8.95 Å². The minimum absolute atomic E-state index is 0.120. The highest BCUT2D eigenvalue weighted by Crippen LogP contribution is 2.29. The molecule has 0 heterocycles. The van der Waals surface area contributed by atoms with E-state index < -0.39 is 5.82 Å². The van der Waals surface area contributed by atoms with Gasteiger partial charge in [0.25, 0.3) is 0 Å². The van der Waals surface area contributed by atoms with Crippen LogP contribution in [0.3, 0.4) is 0 Å². The quantitative estimate of drug-likeness (QED) is 0.500. The molecular weight excluding hydrogens is 286 g/mol. The Kier molecular flexibility index (Phi) is 2.72. The summed E-state index contributed by atoms with van der Waals surface area (Å²) in [6, 6.07) is 3.17. The third-order valence-electron chi connectivity index (χ3n) is 0.988. The second kappa shape index (κ2) is 3.20. The fourth-order valence-electron chi connectivity index (χ4n) is 0.502. The van der Waals surface area contributed by atoms with E-state index in [-0.39, 0.29) is 5.02 Å². The van der Waals surface area contributed by atoms with Gasteiger partial charge in [-0.2, -0.15) is 0 Å². The average Bonchev–Trinajstić information content (AvgIpc) is 1.93. The lowest BCUT2D eigenvalue weighted by Gasteiger charge is -1.97. The van der Waals surface area contributed by atoms with Gasteiger partial charge in [0, 0.05) is 4.47 Å². The van der Waals surface area contributed by atoms with E-state index >= 15 is 0 Å². The summed E-state index contributed by atoms with van der Waals surface area (Å²) in [5.41, 5.74) is 0. The Bertz CT molecular complexity index is 235. The standard InChI is InChI=1S/C6H2Br2ClF/c7-3-1-2-4(9)6(10)5(3)8/h1-2H. The van der Waals surface area contributed by atoms with E-state index in [2.05, 4.69) is 31.9 Å². The molecule has 0 aliphatic rings. The van der Waals surface area contributed by atoms with Crippen LogP contribution in [-0.4, -0.2) is 0 Å². The first-order valence-corrected chi connectivity index (χ1v) is 4.38. The van der Waals surface area contributed by atoms with Gasteiger partial charge in [-0.15, -0.1) is 0 Å². The molecule has 0 atom stereocenters. The lowest BCUT2D eigenvalue weighted by Crippen LogP contribution is -1.79. The van der Waals surface area contributed by atoms with E-state index in [9.17, 15) is 4.39 Å². The first-order chi connectivity index (χ1) is 4.63. The molecule has 0 fully saturated rings. The molecule has 0 nitrogen and oxygen atoms in total. The van der Waals surface area contributed by atoms with E-state index in [1.807, 2.05) is 0 Å². The van der Waals surface area contributed by atoms with Crippen molar-refractivity contribution < 1.29 is 4.39 Å². The van der Waals surface area contributed by atoms with Gasteiger partial charge in [0.1, 0.15) is 0 Å². The zero-order chi connectivity index (χ0) is 7.72. The lowest BCUT2D eigenvalue weighted by atomic mass is 10.3. The van der Waals surface area contributed by atoms with E-state index in [0.717, 1.165) is 0 Å². The molecule has 1 rings (SSSR count). The van der Waals surface area contributed by atoms with Gasteiger partial charge in [0.05, 0.1) is 9.50 Å². The van der Waals surface area contributed by atoms with Crippen molar-refractivity contribution in [3.8, 4) is 0 Å². The largest absolute Gasteiger partial charge is 0.204 e. The van der Waals surface area contributed by atoms with Crippen molar-refractivity contribution in [3.05, 3.63) is 31.9 Å². The lowest BCUT2D eigenvalue weighted by molar-refractivity contribution is 0.620. The summed E-state index contributed by atoms with van der Waals surface area (Å²) in [7, 11) is 0. The predicted octanol–water partition coefficient (Wildman–Crippen LogP) is 4.00. The predicted molar refractivity (Wildman–Crippen MR) is 46.8 cm³/mol. The van der Waals surface area contributed by atoms with Crippen LogP contribution in [0.15, 0.2) is 21.1 Å². The molecule has 0 unspecified atom stereocenters. The third kappa shape index (κ3) is 1.52. The number of hydrogen-bond donors (Lipinski definition) is 0. The Labute approximate surface area is 79.6 Å². The molecule has 0 N–H and O–H groups in total. The molecule has 10 heavy (non-hydrogen) atoms. The molecule has 0 aromatic heterocycles. The summed E-state index contributed by atoms with van der Waals surface area (Å²) in [5, 5.41) is 0.120. The highest BCUT2D eigenvalue weighted by molar-refractivity contribution is 9.13. The van der Waals surface area contributed by atoms with Crippen molar-refractivity contribution in [1.82, 2.24) is 0 Å². The van der Waals surface area contributed by atoms with Gasteiger partial charge in [0.2, 0.25) is 0 Å². The van der Waals surface area contributed by atoms with Crippen LogP contribution in [0, 0.1) is 5.82 Å². The van der Waals surface area contributed by atoms with Crippen LogP contribution < -0.4 is 0 Å². The Hall–Kier alpha value is 0.400. The zero-order valence-corrected chi connectivity index (χ0v) is 8.59. The van der Waals surface area contributed by atoms with Crippen molar-refractivity contribution in [2.45, 2.75) is 0 Å². The maximum atomic E-state index is 12.8. The summed E-state index contributed by atoms with van der Waals surface area (Å²) in [6.07, 6.45) is 0. The maximum absolute atomic E-state index is 12.8. The van der Waals surface area contributed by atoms with E-state index in [1.165, 1.54) is 6.07 Å². The molecule has 54 valence electrons. The van der Waals surface area contributed by atoms with Crippen molar-refractivity contribution >= 4 is 43.5 Å². The Morgan fingerprint density at radius 3 is 2.40 bits per heavy atom. The highest BCUT2D eigenvalue weighted by Gasteiger charge is 2.06. The van der Waals surface area contributed by atoms with Gasteiger partial charge in [0.15, 0.2) is 5.82 Å². The Morgan fingerprint density at radius 2 is 1.90 bits per heavy atom. The van der Waals surface area contributed by atoms with Crippen LogP contribution in [0.2, 0.25) is 5.02 Å².